The Labute approximate surface area is 185 Å². The van der Waals surface area contributed by atoms with Crippen LogP contribution in [-0.2, 0) is 14.8 Å². The molecule has 0 saturated carbocycles. The van der Waals surface area contributed by atoms with Crippen molar-refractivity contribution in [2.45, 2.75) is 6.92 Å². The minimum absolute atomic E-state index is 0.266. The first-order valence-electron chi connectivity index (χ1n) is 9.36. The molecule has 0 atom stereocenters. The highest BCUT2D eigenvalue weighted by atomic mass is 79.9. The third kappa shape index (κ3) is 5.73. The van der Waals surface area contributed by atoms with Crippen molar-refractivity contribution in [3.63, 3.8) is 0 Å². The van der Waals surface area contributed by atoms with E-state index < -0.39 is 15.9 Å². The molecule has 1 N–H and O–H groups in total. The minimum Gasteiger partial charge on any atom is -0.492 e. The quantitative estimate of drug-likeness (QED) is 0.486. The van der Waals surface area contributed by atoms with Crippen molar-refractivity contribution in [1.29, 1.82) is 0 Å². The third-order valence-electron chi connectivity index (χ3n) is 4.53. The fourth-order valence-corrected chi connectivity index (χ4v) is 4.08. The Morgan fingerprint density at radius 3 is 2.50 bits per heavy atom. The van der Waals surface area contributed by atoms with Crippen LogP contribution in [0.3, 0.4) is 0 Å². The van der Waals surface area contributed by atoms with Gasteiger partial charge in [-0.15, -0.1) is 0 Å². The third-order valence-corrected chi connectivity index (χ3v) is 6.56. The second-order valence-electron chi connectivity index (χ2n) is 6.91. The number of amides is 1. The predicted molar refractivity (Wildman–Crippen MR) is 124 cm³/mol. The van der Waals surface area contributed by atoms with Crippen molar-refractivity contribution in [2.24, 2.45) is 0 Å². The molecular weight excluding hydrogens is 468 g/mol. The molecule has 158 valence electrons. The van der Waals surface area contributed by atoms with E-state index in [1.54, 1.807) is 18.2 Å². The van der Waals surface area contributed by atoms with Gasteiger partial charge in [-0.3, -0.25) is 9.10 Å². The van der Waals surface area contributed by atoms with Gasteiger partial charge in [-0.1, -0.05) is 46.3 Å². The van der Waals surface area contributed by atoms with Crippen LogP contribution >= 0.6 is 15.9 Å². The predicted octanol–water partition coefficient (Wildman–Crippen LogP) is 3.87. The molecule has 0 unspecified atom stereocenters. The maximum atomic E-state index is 12.3. The number of hydrogen-bond donors (Lipinski definition) is 1. The number of ether oxygens (including phenoxy) is 1. The van der Waals surface area contributed by atoms with E-state index in [0.29, 0.717) is 11.4 Å². The van der Waals surface area contributed by atoms with Crippen LogP contribution in [0.1, 0.15) is 5.56 Å². The highest BCUT2D eigenvalue weighted by molar-refractivity contribution is 9.10. The highest BCUT2D eigenvalue weighted by Crippen LogP contribution is 2.24. The molecule has 1 amide bonds. The average molecular weight is 491 g/mol. The number of nitrogens with one attached hydrogen (secondary N) is 1. The number of sulfonamides is 1. The number of fused-ring (bicyclic) bond motifs is 1. The van der Waals surface area contributed by atoms with Gasteiger partial charge in [0.05, 0.1) is 18.5 Å². The van der Waals surface area contributed by atoms with Crippen LogP contribution < -0.4 is 14.4 Å². The molecule has 3 rings (SSSR count). The van der Waals surface area contributed by atoms with Crippen molar-refractivity contribution in [3.05, 3.63) is 70.7 Å². The first-order valence-corrected chi connectivity index (χ1v) is 12.0. The van der Waals surface area contributed by atoms with E-state index in [0.717, 1.165) is 31.4 Å². The summed E-state index contributed by atoms with van der Waals surface area (Å²) < 4.78 is 32.0. The molecule has 0 radical (unpaired) electrons. The Hall–Kier alpha value is -2.58. The van der Waals surface area contributed by atoms with Crippen LogP contribution in [0.4, 0.5) is 5.69 Å². The maximum absolute atomic E-state index is 12.3. The van der Waals surface area contributed by atoms with Crippen LogP contribution in [-0.4, -0.2) is 40.3 Å². The second kappa shape index (κ2) is 9.49. The van der Waals surface area contributed by atoms with Crippen LogP contribution in [0.5, 0.6) is 5.75 Å². The molecule has 0 heterocycles. The SMILES string of the molecule is Cc1cc(N(CC(=O)NCCOc2ccc3ccccc3c2)S(C)(=O)=O)ccc1Br. The Kier molecular flexibility index (Phi) is 6.99. The molecule has 0 saturated heterocycles. The van der Waals surface area contributed by atoms with Crippen LogP contribution in [0.2, 0.25) is 0 Å². The van der Waals surface area contributed by atoms with Crippen LogP contribution in [0.15, 0.2) is 65.1 Å². The Bertz CT molecular complexity index is 1160. The van der Waals surface area contributed by atoms with Crippen molar-refractivity contribution in [1.82, 2.24) is 5.32 Å². The molecule has 3 aromatic rings. The maximum Gasteiger partial charge on any atom is 0.240 e. The van der Waals surface area contributed by atoms with E-state index in [1.165, 1.54) is 0 Å². The molecule has 0 spiro atoms. The zero-order valence-corrected chi connectivity index (χ0v) is 19.2. The molecule has 8 heteroatoms. The summed E-state index contributed by atoms with van der Waals surface area (Å²) in [7, 11) is -3.61. The normalized spacial score (nSPS) is 11.3. The number of hydrogen-bond acceptors (Lipinski definition) is 4. The van der Waals surface area contributed by atoms with Gasteiger partial charge in [0.2, 0.25) is 15.9 Å². The number of anilines is 1. The van der Waals surface area contributed by atoms with Gasteiger partial charge < -0.3 is 10.1 Å². The molecular formula is C22H23BrN2O4S. The summed E-state index contributed by atoms with van der Waals surface area (Å²) in [5.41, 5.74) is 1.33. The van der Waals surface area contributed by atoms with Crippen molar-refractivity contribution in [3.8, 4) is 5.75 Å². The lowest BCUT2D eigenvalue weighted by Crippen LogP contribution is -2.41. The molecule has 0 fully saturated rings. The molecule has 0 bridgehead atoms. The zero-order valence-electron chi connectivity index (χ0n) is 16.8. The zero-order chi connectivity index (χ0) is 21.7. The topological polar surface area (TPSA) is 75.7 Å². The first kappa shape index (κ1) is 22.1. The fourth-order valence-electron chi connectivity index (χ4n) is 2.99. The van der Waals surface area contributed by atoms with Crippen LogP contribution in [0.25, 0.3) is 10.8 Å². The first-order chi connectivity index (χ1) is 14.2. The van der Waals surface area contributed by atoms with Gasteiger partial charge in [0, 0.05) is 4.47 Å². The number of rotatable bonds is 8. The smallest absolute Gasteiger partial charge is 0.240 e. The number of nitrogens with zero attached hydrogens (tertiary/aromatic N) is 1. The van der Waals surface area contributed by atoms with E-state index in [1.807, 2.05) is 49.4 Å². The van der Waals surface area contributed by atoms with Gasteiger partial charge >= 0.3 is 0 Å². The van der Waals surface area contributed by atoms with Crippen LogP contribution in [0, 0.1) is 6.92 Å². The molecule has 0 aliphatic rings. The summed E-state index contributed by atoms with van der Waals surface area (Å²) in [6.45, 7) is 2.11. The Morgan fingerprint density at radius 1 is 1.07 bits per heavy atom. The number of carbonyl (C=O) groups excluding carboxylic acids is 1. The van der Waals surface area contributed by atoms with Crippen molar-refractivity contribution in [2.75, 3.05) is 30.3 Å². The van der Waals surface area contributed by atoms with E-state index in [4.69, 9.17) is 4.74 Å². The number of carbonyl (C=O) groups is 1. The van der Waals surface area contributed by atoms with Gasteiger partial charge in [-0.05, 0) is 53.6 Å². The molecule has 0 aliphatic carbocycles. The summed E-state index contributed by atoms with van der Waals surface area (Å²) in [5.74, 6) is 0.314. The minimum atomic E-state index is -3.61. The monoisotopic (exact) mass is 490 g/mol. The van der Waals surface area contributed by atoms with Gasteiger partial charge in [-0.25, -0.2) is 8.42 Å². The van der Waals surface area contributed by atoms with E-state index in [9.17, 15) is 13.2 Å². The summed E-state index contributed by atoms with van der Waals surface area (Å²) in [6, 6.07) is 18.9. The van der Waals surface area contributed by atoms with Crippen molar-refractivity contribution < 1.29 is 17.9 Å². The standard InChI is InChI=1S/C22H23BrN2O4S/c1-16-13-19(8-10-21(16)23)25(30(2,27)28)15-22(26)24-11-12-29-20-9-7-17-5-3-4-6-18(17)14-20/h3-10,13-14H,11-12,15H2,1-2H3,(H,24,26). The molecule has 0 aliphatic heterocycles. The van der Waals surface area contributed by atoms with Gasteiger partial charge in [0.25, 0.3) is 0 Å². The van der Waals surface area contributed by atoms with E-state index in [-0.39, 0.29) is 19.7 Å². The Morgan fingerprint density at radius 2 is 1.80 bits per heavy atom. The summed E-state index contributed by atoms with van der Waals surface area (Å²) in [4.78, 5) is 12.3. The van der Waals surface area contributed by atoms with Gasteiger partial charge in [0.15, 0.2) is 0 Å². The second-order valence-corrected chi connectivity index (χ2v) is 9.67. The van der Waals surface area contributed by atoms with E-state index >= 15 is 0 Å². The highest BCUT2D eigenvalue weighted by Gasteiger charge is 2.21. The molecule has 3 aromatic carbocycles. The lowest BCUT2D eigenvalue weighted by Gasteiger charge is -2.22. The summed E-state index contributed by atoms with van der Waals surface area (Å²) in [6.07, 6.45) is 1.08. The Balaban J connectivity index is 1.55. The number of benzene rings is 3. The van der Waals surface area contributed by atoms with Gasteiger partial charge in [0.1, 0.15) is 18.9 Å². The molecule has 30 heavy (non-hydrogen) atoms. The fraction of sp³-hybridized carbons (Fsp3) is 0.227. The number of aryl methyl sites for hydroxylation is 1. The average Bonchev–Trinajstić information content (AvgIpc) is 2.70. The molecule has 6 nitrogen and oxygen atoms in total. The lowest BCUT2D eigenvalue weighted by atomic mass is 10.1. The van der Waals surface area contributed by atoms with E-state index in [2.05, 4.69) is 21.2 Å². The summed E-state index contributed by atoms with van der Waals surface area (Å²) >= 11 is 3.39. The van der Waals surface area contributed by atoms with Crippen molar-refractivity contribution >= 4 is 48.3 Å². The summed E-state index contributed by atoms with van der Waals surface area (Å²) in [5, 5.41) is 4.91. The molecule has 0 aromatic heterocycles. The lowest BCUT2D eigenvalue weighted by molar-refractivity contribution is -0.119. The van der Waals surface area contributed by atoms with Gasteiger partial charge in [-0.2, -0.15) is 0 Å². The largest absolute Gasteiger partial charge is 0.492 e. The number of halogens is 1.